The van der Waals surface area contributed by atoms with Crippen LogP contribution < -0.4 is 0 Å². The second kappa shape index (κ2) is 7.38. The summed E-state index contributed by atoms with van der Waals surface area (Å²) in [5, 5.41) is 8.99. The van der Waals surface area contributed by atoms with Crippen molar-refractivity contribution < 1.29 is 9.90 Å². The molecule has 1 fully saturated rings. The van der Waals surface area contributed by atoms with Crippen molar-refractivity contribution >= 4 is 21.9 Å². The molecule has 0 spiro atoms. The van der Waals surface area contributed by atoms with Crippen molar-refractivity contribution in [2.24, 2.45) is 0 Å². The number of hydrogen-bond acceptors (Lipinski definition) is 3. The summed E-state index contributed by atoms with van der Waals surface area (Å²) in [4.78, 5) is 15.8. The molecule has 0 saturated carbocycles. The van der Waals surface area contributed by atoms with Crippen LogP contribution in [-0.4, -0.2) is 53.6 Å². The molecule has 116 valence electrons. The highest BCUT2D eigenvalue weighted by Crippen LogP contribution is 2.22. The maximum Gasteiger partial charge on any atom is 0.335 e. The minimum absolute atomic E-state index is 0.321. The van der Waals surface area contributed by atoms with Gasteiger partial charge in [-0.3, -0.25) is 4.90 Å². The third-order valence-electron chi connectivity index (χ3n) is 4.17. The van der Waals surface area contributed by atoms with E-state index in [4.69, 9.17) is 5.11 Å². The van der Waals surface area contributed by atoms with E-state index in [0.29, 0.717) is 11.6 Å². The highest BCUT2D eigenvalue weighted by molar-refractivity contribution is 9.10. The number of likely N-dealkylation sites (tertiary alicyclic amines) is 1. The van der Waals surface area contributed by atoms with E-state index in [1.165, 1.54) is 19.4 Å². The zero-order valence-electron chi connectivity index (χ0n) is 12.7. The number of carbonyl (C=O) groups is 1. The van der Waals surface area contributed by atoms with Gasteiger partial charge in [-0.05, 0) is 50.7 Å². The molecule has 2 rings (SSSR count). The quantitative estimate of drug-likeness (QED) is 0.852. The Morgan fingerprint density at radius 3 is 2.90 bits per heavy atom. The summed E-state index contributed by atoms with van der Waals surface area (Å²) in [7, 11) is 2.13. The number of aromatic carboxylic acids is 1. The normalized spacial score (nSPS) is 19.3. The van der Waals surface area contributed by atoms with Gasteiger partial charge in [-0.2, -0.15) is 0 Å². The standard InChI is InChI=1S/C16H23BrN2O2/c1-3-19-8-4-5-14(19)11-18(2)10-13-7-6-12(16(20)21)9-15(13)17/h6-7,9,14H,3-5,8,10-11H2,1-2H3,(H,20,21). The highest BCUT2D eigenvalue weighted by atomic mass is 79.9. The Morgan fingerprint density at radius 2 is 2.29 bits per heavy atom. The van der Waals surface area contributed by atoms with Gasteiger partial charge in [-0.15, -0.1) is 0 Å². The second-order valence-electron chi connectivity index (χ2n) is 5.73. The molecule has 5 heteroatoms. The summed E-state index contributed by atoms with van der Waals surface area (Å²) in [5.41, 5.74) is 1.45. The lowest BCUT2D eigenvalue weighted by atomic mass is 10.1. The molecule has 1 saturated heterocycles. The summed E-state index contributed by atoms with van der Waals surface area (Å²) in [6.07, 6.45) is 2.57. The van der Waals surface area contributed by atoms with Crippen molar-refractivity contribution in [2.75, 3.05) is 26.7 Å². The van der Waals surface area contributed by atoms with E-state index in [0.717, 1.165) is 29.7 Å². The van der Waals surface area contributed by atoms with E-state index in [1.807, 2.05) is 6.07 Å². The fourth-order valence-electron chi connectivity index (χ4n) is 3.04. The van der Waals surface area contributed by atoms with Gasteiger partial charge in [0, 0.05) is 23.6 Å². The third-order valence-corrected chi connectivity index (χ3v) is 4.91. The second-order valence-corrected chi connectivity index (χ2v) is 6.59. The molecule has 0 radical (unpaired) electrons. The lowest BCUT2D eigenvalue weighted by Crippen LogP contribution is -2.38. The summed E-state index contributed by atoms with van der Waals surface area (Å²) in [6.45, 7) is 6.44. The van der Waals surface area contributed by atoms with Gasteiger partial charge < -0.3 is 10.0 Å². The minimum atomic E-state index is -0.889. The fraction of sp³-hybridized carbons (Fsp3) is 0.562. The van der Waals surface area contributed by atoms with Gasteiger partial charge in [-0.1, -0.05) is 28.9 Å². The van der Waals surface area contributed by atoms with E-state index in [1.54, 1.807) is 12.1 Å². The number of hydrogen-bond donors (Lipinski definition) is 1. The fourth-order valence-corrected chi connectivity index (χ4v) is 3.55. The van der Waals surface area contributed by atoms with E-state index in [9.17, 15) is 4.79 Å². The van der Waals surface area contributed by atoms with Crippen LogP contribution in [0.5, 0.6) is 0 Å². The molecule has 1 aromatic carbocycles. The van der Waals surface area contributed by atoms with Gasteiger partial charge in [0.25, 0.3) is 0 Å². The predicted octanol–water partition coefficient (Wildman–Crippen LogP) is 3.06. The Hall–Kier alpha value is -0.910. The number of likely N-dealkylation sites (N-methyl/N-ethyl adjacent to an activating group) is 2. The van der Waals surface area contributed by atoms with Crippen molar-refractivity contribution in [1.29, 1.82) is 0 Å². The Bertz CT molecular complexity index is 507. The number of carboxylic acids is 1. The van der Waals surface area contributed by atoms with Crippen molar-refractivity contribution in [3.8, 4) is 0 Å². The van der Waals surface area contributed by atoms with Crippen LogP contribution in [0.15, 0.2) is 22.7 Å². The summed E-state index contributed by atoms with van der Waals surface area (Å²) >= 11 is 3.48. The molecule has 1 aromatic rings. The van der Waals surface area contributed by atoms with Gasteiger partial charge in [0.15, 0.2) is 0 Å². The molecular formula is C16H23BrN2O2. The highest BCUT2D eigenvalue weighted by Gasteiger charge is 2.24. The first-order chi connectivity index (χ1) is 10.0. The van der Waals surface area contributed by atoms with Crippen molar-refractivity contribution in [3.05, 3.63) is 33.8 Å². The first-order valence-electron chi connectivity index (χ1n) is 7.45. The van der Waals surface area contributed by atoms with Crippen LogP contribution in [0.25, 0.3) is 0 Å². The third kappa shape index (κ3) is 4.28. The zero-order chi connectivity index (χ0) is 15.4. The molecule has 4 nitrogen and oxygen atoms in total. The topological polar surface area (TPSA) is 43.8 Å². The van der Waals surface area contributed by atoms with E-state index >= 15 is 0 Å². The van der Waals surface area contributed by atoms with Gasteiger partial charge in [0.2, 0.25) is 0 Å². The van der Waals surface area contributed by atoms with E-state index < -0.39 is 5.97 Å². The van der Waals surface area contributed by atoms with Crippen LogP contribution >= 0.6 is 15.9 Å². The Kier molecular flexibility index (Phi) is 5.79. The first kappa shape index (κ1) is 16.5. The maximum absolute atomic E-state index is 10.9. The smallest absolute Gasteiger partial charge is 0.335 e. The van der Waals surface area contributed by atoms with Gasteiger partial charge >= 0.3 is 5.97 Å². The molecule has 1 atom stereocenters. The van der Waals surface area contributed by atoms with Gasteiger partial charge in [0.05, 0.1) is 5.56 Å². The molecule has 0 bridgehead atoms. The number of halogens is 1. The molecule has 1 unspecified atom stereocenters. The van der Waals surface area contributed by atoms with Gasteiger partial charge in [-0.25, -0.2) is 4.79 Å². The Morgan fingerprint density at radius 1 is 1.52 bits per heavy atom. The zero-order valence-corrected chi connectivity index (χ0v) is 14.3. The lowest BCUT2D eigenvalue weighted by molar-refractivity contribution is 0.0697. The number of nitrogens with zero attached hydrogens (tertiary/aromatic N) is 2. The maximum atomic E-state index is 10.9. The molecule has 1 heterocycles. The average molecular weight is 355 g/mol. The average Bonchev–Trinajstić information content (AvgIpc) is 2.87. The number of rotatable bonds is 6. The molecule has 0 aliphatic carbocycles. The Labute approximate surface area is 134 Å². The van der Waals surface area contributed by atoms with Crippen LogP contribution in [0.2, 0.25) is 0 Å². The molecule has 21 heavy (non-hydrogen) atoms. The van der Waals surface area contributed by atoms with Crippen LogP contribution in [0.1, 0.15) is 35.7 Å². The van der Waals surface area contributed by atoms with Crippen LogP contribution in [0, 0.1) is 0 Å². The molecule has 0 amide bonds. The van der Waals surface area contributed by atoms with E-state index in [-0.39, 0.29) is 0 Å². The predicted molar refractivity (Wildman–Crippen MR) is 87.7 cm³/mol. The largest absolute Gasteiger partial charge is 0.478 e. The summed E-state index contributed by atoms with van der Waals surface area (Å²) in [5.74, 6) is -0.889. The SMILES string of the molecule is CCN1CCCC1CN(C)Cc1ccc(C(=O)O)cc1Br. The Balaban J connectivity index is 1.96. The van der Waals surface area contributed by atoms with Crippen LogP contribution in [0.4, 0.5) is 0 Å². The first-order valence-corrected chi connectivity index (χ1v) is 8.25. The van der Waals surface area contributed by atoms with Crippen molar-refractivity contribution in [2.45, 2.75) is 32.4 Å². The number of carboxylic acid groups (broad SMARTS) is 1. The molecule has 0 aromatic heterocycles. The molecular weight excluding hydrogens is 332 g/mol. The van der Waals surface area contributed by atoms with Gasteiger partial charge in [0.1, 0.15) is 0 Å². The van der Waals surface area contributed by atoms with Crippen LogP contribution in [-0.2, 0) is 6.54 Å². The molecule has 1 aliphatic heterocycles. The van der Waals surface area contributed by atoms with Crippen molar-refractivity contribution in [1.82, 2.24) is 9.80 Å². The minimum Gasteiger partial charge on any atom is -0.478 e. The molecule has 1 aliphatic rings. The monoisotopic (exact) mass is 354 g/mol. The lowest BCUT2D eigenvalue weighted by Gasteiger charge is -2.28. The molecule has 1 N–H and O–H groups in total. The summed E-state index contributed by atoms with van der Waals surface area (Å²) in [6, 6.07) is 5.90. The summed E-state index contributed by atoms with van der Waals surface area (Å²) < 4.78 is 0.869. The number of benzene rings is 1. The van der Waals surface area contributed by atoms with Crippen LogP contribution in [0.3, 0.4) is 0 Å². The van der Waals surface area contributed by atoms with Crippen molar-refractivity contribution in [3.63, 3.8) is 0 Å². The van der Waals surface area contributed by atoms with E-state index in [2.05, 4.69) is 39.7 Å².